The van der Waals surface area contributed by atoms with E-state index < -0.39 is 0 Å². The van der Waals surface area contributed by atoms with Gasteiger partial charge in [0.15, 0.2) is 0 Å². The summed E-state index contributed by atoms with van der Waals surface area (Å²) in [5.74, 6) is 0.948. The number of ether oxygens (including phenoxy) is 1. The first-order valence-electron chi connectivity index (χ1n) is 7.30. The Morgan fingerprint density at radius 3 is 2.90 bits per heavy atom. The first-order chi connectivity index (χ1) is 10.1. The Hall–Kier alpha value is -1.52. The molecule has 2 heterocycles. The molecule has 0 fully saturated rings. The molecule has 2 unspecified atom stereocenters. The molecule has 1 aromatic carbocycles. The fraction of sp³-hybridized carbons (Fsp3) is 0.438. The summed E-state index contributed by atoms with van der Waals surface area (Å²) < 4.78 is 7.79. The average Bonchev–Trinajstić information content (AvgIpc) is 3.03. The molecule has 2 N–H and O–H groups in total. The van der Waals surface area contributed by atoms with Crippen LogP contribution in [0.1, 0.15) is 23.9 Å². The molecular weight excluding hydrogens is 286 g/mol. The first kappa shape index (κ1) is 14.4. The average molecular weight is 306 g/mol. The Labute approximate surface area is 129 Å². The van der Waals surface area contributed by atoms with Crippen molar-refractivity contribution in [1.82, 2.24) is 9.78 Å². The number of hydrogen-bond donors (Lipinski definition) is 1. The van der Waals surface area contributed by atoms with Crippen molar-refractivity contribution in [3.63, 3.8) is 0 Å². The molecule has 1 aliphatic rings. The third-order valence-corrected chi connectivity index (χ3v) is 4.52. The number of aryl methyl sites for hydroxylation is 2. The van der Waals surface area contributed by atoms with Crippen LogP contribution in [0.25, 0.3) is 0 Å². The van der Waals surface area contributed by atoms with E-state index >= 15 is 0 Å². The van der Waals surface area contributed by atoms with Crippen LogP contribution in [0.15, 0.2) is 24.3 Å². The van der Waals surface area contributed by atoms with Gasteiger partial charge in [-0.3, -0.25) is 4.68 Å². The van der Waals surface area contributed by atoms with Crippen LogP contribution in [0.2, 0.25) is 5.02 Å². The quantitative estimate of drug-likeness (QED) is 0.944. The van der Waals surface area contributed by atoms with E-state index in [0.29, 0.717) is 6.42 Å². The van der Waals surface area contributed by atoms with Crippen molar-refractivity contribution in [2.45, 2.75) is 38.3 Å². The molecule has 4 nitrogen and oxygen atoms in total. The van der Waals surface area contributed by atoms with Crippen molar-refractivity contribution in [3.8, 4) is 5.75 Å². The third-order valence-electron chi connectivity index (χ3n) is 4.08. The van der Waals surface area contributed by atoms with E-state index in [4.69, 9.17) is 22.1 Å². The number of rotatable bonds is 4. The maximum atomic E-state index is 6.39. The molecule has 3 rings (SSSR count). The van der Waals surface area contributed by atoms with Crippen LogP contribution in [0, 0.1) is 0 Å². The maximum absolute atomic E-state index is 6.39. The summed E-state index contributed by atoms with van der Waals surface area (Å²) >= 11 is 6.39. The molecule has 0 radical (unpaired) electrons. The van der Waals surface area contributed by atoms with Crippen molar-refractivity contribution < 1.29 is 4.74 Å². The van der Waals surface area contributed by atoms with Crippen molar-refractivity contribution in [3.05, 3.63) is 46.2 Å². The van der Waals surface area contributed by atoms with Gasteiger partial charge in [0.25, 0.3) is 0 Å². The number of nitrogens with zero attached hydrogens (tertiary/aromatic N) is 2. The van der Waals surface area contributed by atoms with E-state index in [-0.39, 0.29) is 12.1 Å². The largest absolute Gasteiger partial charge is 0.488 e. The van der Waals surface area contributed by atoms with Gasteiger partial charge in [-0.25, -0.2) is 0 Å². The normalized spacial score (nSPS) is 18.4. The number of fused-ring (bicyclic) bond motifs is 1. The molecule has 1 aliphatic heterocycles. The third kappa shape index (κ3) is 2.65. The lowest BCUT2D eigenvalue weighted by Gasteiger charge is -2.19. The van der Waals surface area contributed by atoms with E-state index in [1.54, 1.807) is 0 Å². The minimum absolute atomic E-state index is 0.00144. The number of benzene rings is 1. The highest BCUT2D eigenvalue weighted by molar-refractivity contribution is 6.31. The number of aromatic nitrogens is 2. The van der Waals surface area contributed by atoms with Gasteiger partial charge in [-0.15, -0.1) is 0 Å². The number of nitrogens with two attached hydrogens (primary N) is 1. The first-order valence-corrected chi connectivity index (χ1v) is 7.68. The highest BCUT2D eigenvalue weighted by atomic mass is 35.5. The van der Waals surface area contributed by atoms with Crippen molar-refractivity contribution in [1.29, 1.82) is 0 Å². The molecule has 0 spiro atoms. The Balaban J connectivity index is 1.74. The molecule has 0 bridgehead atoms. The maximum Gasteiger partial charge on any atom is 0.123 e. The second-order valence-electron chi connectivity index (χ2n) is 5.52. The molecular formula is C16H20ClN3O. The zero-order valence-corrected chi connectivity index (χ0v) is 13.1. The predicted molar refractivity (Wildman–Crippen MR) is 83.8 cm³/mol. The zero-order valence-electron chi connectivity index (χ0n) is 12.3. The van der Waals surface area contributed by atoms with E-state index in [1.165, 1.54) is 5.56 Å². The molecule has 2 aromatic rings. The zero-order chi connectivity index (χ0) is 15.0. The fourth-order valence-electron chi connectivity index (χ4n) is 2.84. The highest BCUT2D eigenvalue weighted by Gasteiger charge is 2.29. The minimum atomic E-state index is -0.102. The van der Waals surface area contributed by atoms with E-state index in [0.717, 1.165) is 35.0 Å². The standard InChI is InChI=1S/C16H20ClN3O/c1-3-12-16(17)13(20(2)19-12)9-11(18)15-8-10-6-4-5-7-14(10)21-15/h4-7,11,15H,3,8-9,18H2,1-2H3. The topological polar surface area (TPSA) is 53.1 Å². The molecule has 0 saturated heterocycles. The molecule has 1 aromatic heterocycles. The summed E-state index contributed by atoms with van der Waals surface area (Å²) in [6, 6.07) is 8.00. The van der Waals surface area contributed by atoms with Crippen LogP contribution >= 0.6 is 11.6 Å². The summed E-state index contributed by atoms with van der Waals surface area (Å²) in [7, 11) is 1.91. The van der Waals surface area contributed by atoms with Crippen molar-refractivity contribution >= 4 is 11.6 Å². The van der Waals surface area contributed by atoms with Gasteiger partial charge in [0, 0.05) is 25.9 Å². The monoisotopic (exact) mass is 305 g/mol. The predicted octanol–water partition coefficient (Wildman–Crippen LogP) is 2.51. The van der Waals surface area contributed by atoms with E-state index in [1.807, 2.05) is 29.9 Å². The Morgan fingerprint density at radius 2 is 2.24 bits per heavy atom. The van der Waals surface area contributed by atoms with Gasteiger partial charge in [0.1, 0.15) is 11.9 Å². The molecule has 5 heteroatoms. The summed E-state index contributed by atoms with van der Waals surface area (Å²) in [6.45, 7) is 2.05. The molecule has 2 atom stereocenters. The van der Waals surface area contributed by atoms with Crippen LogP contribution in [0.4, 0.5) is 0 Å². The lowest BCUT2D eigenvalue weighted by atomic mass is 10.0. The van der Waals surface area contributed by atoms with Gasteiger partial charge in [-0.1, -0.05) is 36.7 Å². The smallest absolute Gasteiger partial charge is 0.123 e. The highest BCUT2D eigenvalue weighted by Crippen LogP contribution is 2.30. The van der Waals surface area contributed by atoms with Crippen molar-refractivity contribution in [2.24, 2.45) is 12.8 Å². The van der Waals surface area contributed by atoms with Gasteiger partial charge >= 0.3 is 0 Å². The number of para-hydroxylation sites is 1. The van der Waals surface area contributed by atoms with Gasteiger partial charge < -0.3 is 10.5 Å². The second-order valence-corrected chi connectivity index (χ2v) is 5.90. The Bertz CT molecular complexity index is 628. The molecule has 0 saturated carbocycles. The van der Waals surface area contributed by atoms with Gasteiger partial charge in [0.05, 0.1) is 16.4 Å². The molecule has 21 heavy (non-hydrogen) atoms. The van der Waals surface area contributed by atoms with Gasteiger partial charge in [0.2, 0.25) is 0 Å². The van der Waals surface area contributed by atoms with Crippen LogP contribution in [0.5, 0.6) is 5.75 Å². The molecule has 0 aliphatic carbocycles. The van der Waals surface area contributed by atoms with Crippen LogP contribution < -0.4 is 10.5 Å². The molecule has 0 amide bonds. The lowest BCUT2D eigenvalue weighted by Crippen LogP contribution is -2.40. The van der Waals surface area contributed by atoms with Crippen LogP contribution in [-0.2, 0) is 26.3 Å². The van der Waals surface area contributed by atoms with Gasteiger partial charge in [-0.05, 0) is 18.1 Å². The number of hydrogen-bond acceptors (Lipinski definition) is 3. The number of halogens is 1. The summed E-state index contributed by atoms with van der Waals surface area (Å²) in [5, 5.41) is 5.18. The minimum Gasteiger partial charge on any atom is -0.488 e. The van der Waals surface area contributed by atoms with E-state index in [9.17, 15) is 0 Å². The summed E-state index contributed by atoms with van der Waals surface area (Å²) in [6.07, 6.45) is 2.35. The van der Waals surface area contributed by atoms with Crippen LogP contribution in [-0.4, -0.2) is 21.9 Å². The van der Waals surface area contributed by atoms with Crippen LogP contribution in [0.3, 0.4) is 0 Å². The SMILES string of the molecule is CCc1nn(C)c(CC(N)C2Cc3ccccc3O2)c1Cl. The second kappa shape index (κ2) is 5.70. The Morgan fingerprint density at radius 1 is 1.48 bits per heavy atom. The van der Waals surface area contributed by atoms with Gasteiger partial charge in [-0.2, -0.15) is 5.10 Å². The Kier molecular flexibility index (Phi) is 3.91. The summed E-state index contributed by atoms with van der Waals surface area (Å²) in [4.78, 5) is 0. The molecule has 112 valence electrons. The summed E-state index contributed by atoms with van der Waals surface area (Å²) in [5.41, 5.74) is 9.49. The lowest BCUT2D eigenvalue weighted by molar-refractivity contribution is 0.197. The fourth-order valence-corrected chi connectivity index (χ4v) is 3.21. The van der Waals surface area contributed by atoms with E-state index in [2.05, 4.69) is 18.1 Å². The van der Waals surface area contributed by atoms with Crippen molar-refractivity contribution in [2.75, 3.05) is 0 Å².